The number of imide groups is 1. The van der Waals surface area contributed by atoms with Gasteiger partial charge in [-0.25, -0.2) is 4.79 Å². The Bertz CT molecular complexity index is 905. The van der Waals surface area contributed by atoms with E-state index in [1.54, 1.807) is 42.5 Å². The number of nitrogens with zero attached hydrogens (tertiary/aromatic N) is 2. The highest BCUT2D eigenvalue weighted by molar-refractivity contribution is 6.21. The minimum Gasteiger partial charge on any atom is -0.327 e. The topological polar surface area (TPSA) is 84.0 Å². The van der Waals surface area contributed by atoms with Crippen molar-refractivity contribution in [1.29, 1.82) is 0 Å². The number of amides is 3. The molecule has 0 radical (unpaired) electrons. The lowest BCUT2D eigenvalue weighted by molar-refractivity contribution is -0.173. The van der Waals surface area contributed by atoms with Crippen LogP contribution >= 0.6 is 0 Å². The first kappa shape index (κ1) is 17.0. The number of hydroxylamine groups is 2. The average Bonchev–Trinajstić information content (AvgIpc) is 3.28. The summed E-state index contributed by atoms with van der Waals surface area (Å²) in [5.74, 6) is -2.42. The van der Waals surface area contributed by atoms with Crippen LogP contribution in [0.4, 0.5) is 0 Å². The van der Waals surface area contributed by atoms with E-state index >= 15 is 0 Å². The van der Waals surface area contributed by atoms with Crippen molar-refractivity contribution in [3.63, 3.8) is 0 Å². The van der Waals surface area contributed by atoms with E-state index in [4.69, 9.17) is 4.84 Å². The van der Waals surface area contributed by atoms with Gasteiger partial charge < -0.3 is 9.74 Å². The standard InChI is InChI=1S/C20H16N2O5/c23-17(13-7-2-1-3-8-13)21-12-6-11-16(21)20(26)27-22-18(24)14-9-4-5-10-15(14)19(22)25/h1-5,7-10,16H,6,11-12H2/t16-/m1/s1. The largest absolute Gasteiger partial charge is 0.355 e. The Kier molecular flexibility index (Phi) is 4.19. The summed E-state index contributed by atoms with van der Waals surface area (Å²) in [6, 6.07) is 14.1. The number of carbonyl (C=O) groups excluding carboxylic acids is 4. The van der Waals surface area contributed by atoms with Crippen LogP contribution in [-0.2, 0) is 9.63 Å². The van der Waals surface area contributed by atoms with E-state index in [-0.39, 0.29) is 17.0 Å². The van der Waals surface area contributed by atoms with Crippen LogP contribution in [0.1, 0.15) is 43.9 Å². The Hall–Kier alpha value is -3.48. The van der Waals surface area contributed by atoms with Crippen molar-refractivity contribution in [2.24, 2.45) is 0 Å². The Balaban J connectivity index is 1.51. The number of hydrogen-bond donors (Lipinski definition) is 0. The van der Waals surface area contributed by atoms with E-state index in [0.717, 1.165) is 0 Å². The molecule has 0 spiro atoms. The molecule has 136 valence electrons. The summed E-state index contributed by atoms with van der Waals surface area (Å²) in [6.45, 7) is 0.412. The molecule has 0 bridgehead atoms. The van der Waals surface area contributed by atoms with E-state index in [9.17, 15) is 19.2 Å². The van der Waals surface area contributed by atoms with Crippen molar-refractivity contribution in [3.8, 4) is 0 Å². The minimum absolute atomic E-state index is 0.193. The van der Waals surface area contributed by atoms with Gasteiger partial charge in [0.2, 0.25) is 0 Å². The maximum absolute atomic E-state index is 12.7. The fourth-order valence-corrected chi connectivity index (χ4v) is 3.40. The van der Waals surface area contributed by atoms with Crippen LogP contribution in [0.5, 0.6) is 0 Å². The summed E-state index contributed by atoms with van der Waals surface area (Å²) in [5.41, 5.74) is 0.857. The van der Waals surface area contributed by atoms with Gasteiger partial charge in [0, 0.05) is 12.1 Å². The first-order valence-electron chi connectivity index (χ1n) is 8.63. The smallest absolute Gasteiger partial charge is 0.327 e. The lowest BCUT2D eigenvalue weighted by atomic mass is 10.1. The van der Waals surface area contributed by atoms with E-state index in [0.29, 0.717) is 30.0 Å². The molecule has 0 unspecified atom stereocenters. The summed E-state index contributed by atoms with van der Waals surface area (Å²) >= 11 is 0. The summed E-state index contributed by atoms with van der Waals surface area (Å²) in [7, 11) is 0. The van der Waals surface area contributed by atoms with Crippen LogP contribution in [0.15, 0.2) is 54.6 Å². The summed E-state index contributed by atoms with van der Waals surface area (Å²) in [5, 5.41) is 0.483. The molecule has 3 amide bonds. The molecule has 7 nitrogen and oxygen atoms in total. The minimum atomic E-state index is -0.831. The van der Waals surface area contributed by atoms with Crippen molar-refractivity contribution >= 4 is 23.7 Å². The third-order valence-electron chi connectivity index (χ3n) is 4.74. The van der Waals surface area contributed by atoms with Gasteiger partial charge in [-0.05, 0) is 37.1 Å². The molecule has 0 saturated carbocycles. The molecule has 2 aromatic carbocycles. The molecule has 0 N–H and O–H groups in total. The third-order valence-corrected chi connectivity index (χ3v) is 4.74. The molecular weight excluding hydrogens is 348 g/mol. The lowest BCUT2D eigenvalue weighted by Gasteiger charge is -2.24. The van der Waals surface area contributed by atoms with Gasteiger partial charge in [-0.1, -0.05) is 35.4 Å². The molecule has 2 aliphatic rings. The van der Waals surface area contributed by atoms with Gasteiger partial charge in [0.1, 0.15) is 6.04 Å². The molecule has 0 aliphatic carbocycles. The lowest BCUT2D eigenvalue weighted by Crippen LogP contribution is -2.44. The summed E-state index contributed by atoms with van der Waals surface area (Å²) in [6.07, 6.45) is 1.06. The Labute approximate surface area is 155 Å². The Morgan fingerprint density at radius 1 is 0.889 bits per heavy atom. The second-order valence-electron chi connectivity index (χ2n) is 6.38. The van der Waals surface area contributed by atoms with E-state index < -0.39 is 23.8 Å². The highest BCUT2D eigenvalue weighted by Gasteiger charge is 2.42. The van der Waals surface area contributed by atoms with Gasteiger partial charge in [0.15, 0.2) is 0 Å². The number of carbonyl (C=O) groups is 4. The van der Waals surface area contributed by atoms with E-state index in [1.165, 1.54) is 17.0 Å². The first-order valence-corrected chi connectivity index (χ1v) is 8.63. The zero-order chi connectivity index (χ0) is 19.0. The highest BCUT2D eigenvalue weighted by atomic mass is 16.7. The van der Waals surface area contributed by atoms with Crippen molar-refractivity contribution < 1.29 is 24.0 Å². The third kappa shape index (κ3) is 2.87. The molecule has 2 aliphatic heterocycles. The van der Waals surface area contributed by atoms with Gasteiger partial charge in [-0.2, -0.15) is 0 Å². The summed E-state index contributed by atoms with van der Waals surface area (Å²) in [4.78, 5) is 56.5. The molecule has 1 atom stereocenters. The number of hydrogen-bond acceptors (Lipinski definition) is 5. The number of fused-ring (bicyclic) bond motifs is 1. The quantitative estimate of drug-likeness (QED) is 0.779. The maximum Gasteiger partial charge on any atom is 0.355 e. The first-order chi connectivity index (χ1) is 13.1. The Morgan fingerprint density at radius 2 is 1.48 bits per heavy atom. The van der Waals surface area contributed by atoms with Gasteiger partial charge in [-0.3, -0.25) is 14.4 Å². The molecule has 1 fully saturated rings. The molecular formula is C20H16N2O5. The van der Waals surface area contributed by atoms with Crippen molar-refractivity contribution in [2.75, 3.05) is 6.54 Å². The van der Waals surface area contributed by atoms with Crippen LogP contribution in [-0.4, -0.2) is 46.2 Å². The summed E-state index contributed by atoms with van der Waals surface area (Å²) < 4.78 is 0. The van der Waals surface area contributed by atoms with Gasteiger partial charge >= 0.3 is 5.97 Å². The molecule has 0 aromatic heterocycles. The maximum atomic E-state index is 12.7. The predicted molar refractivity (Wildman–Crippen MR) is 93.5 cm³/mol. The number of likely N-dealkylation sites (tertiary alicyclic amines) is 1. The SMILES string of the molecule is O=C(ON1C(=O)c2ccccc2C1=O)[C@H]1CCCN1C(=O)c1ccccc1. The van der Waals surface area contributed by atoms with Crippen LogP contribution in [0.3, 0.4) is 0 Å². The molecule has 2 heterocycles. The number of benzene rings is 2. The van der Waals surface area contributed by atoms with Gasteiger partial charge in [0.25, 0.3) is 17.7 Å². The van der Waals surface area contributed by atoms with Crippen LogP contribution in [0.2, 0.25) is 0 Å². The van der Waals surface area contributed by atoms with E-state index in [1.807, 2.05) is 0 Å². The van der Waals surface area contributed by atoms with Gasteiger partial charge in [0.05, 0.1) is 11.1 Å². The zero-order valence-electron chi connectivity index (χ0n) is 14.3. The van der Waals surface area contributed by atoms with Crippen LogP contribution < -0.4 is 0 Å². The molecule has 2 aromatic rings. The second kappa shape index (κ2) is 6.68. The second-order valence-corrected chi connectivity index (χ2v) is 6.38. The molecule has 1 saturated heterocycles. The predicted octanol–water partition coefficient (Wildman–Crippen LogP) is 2.05. The monoisotopic (exact) mass is 364 g/mol. The fraction of sp³-hybridized carbons (Fsp3) is 0.200. The Morgan fingerprint density at radius 3 is 2.11 bits per heavy atom. The number of rotatable bonds is 3. The van der Waals surface area contributed by atoms with Crippen LogP contribution in [0.25, 0.3) is 0 Å². The van der Waals surface area contributed by atoms with Crippen molar-refractivity contribution in [3.05, 3.63) is 71.3 Å². The normalized spacial score (nSPS) is 18.6. The zero-order valence-corrected chi connectivity index (χ0v) is 14.3. The highest BCUT2D eigenvalue weighted by Crippen LogP contribution is 2.26. The van der Waals surface area contributed by atoms with Gasteiger partial charge in [-0.15, -0.1) is 0 Å². The molecule has 7 heteroatoms. The average molecular weight is 364 g/mol. The molecule has 4 rings (SSSR count). The van der Waals surface area contributed by atoms with Crippen molar-refractivity contribution in [1.82, 2.24) is 9.96 Å². The van der Waals surface area contributed by atoms with E-state index in [2.05, 4.69) is 0 Å². The molecule has 27 heavy (non-hydrogen) atoms. The fourth-order valence-electron chi connectivity index (χ4n) is 3.40. The van der Waals surface area contributed by atoms with Crippen LogP contribution in [0, 0.1) is 0 Å². The van der Waals surface area contributed by atoms with Crippen molar-refractivity contribution in [2.45, 2.75) is 18.9 Å².